The summed E-state index contributed by atoms with van der Waals surface area (Å²) >= 11 is 0. The van der Waals surface area contributed by atoms with Crippen molar-refractivity contribution < 1.29 is 36.2 Å². The van der Waals surface area contributed by atoms with Gasteiger partial charge >= 0.3 is 12.3 Å². The quantitative estimate of drug-likeness (QED) is 0.288. The monoisotopic (exact) mass is 489 g/mol. The number of nitrogens with zero attached hydrogens (tertiary/aromatic N) is 1. The van der Waals surface area contributed by atoms with Gasteiger partial charge in [-0.3, -0.25) is 9.79 Å². The maximum Gasteiger partial charge on any atom is 0.573 e. The highest BCUT2D eigenvalue weighted by Gasteiger charge is 2.38. The van der Waals surface area contributed by atoms with Gasteiger partial charge in [0.05, 0.1) is 24.1 Å². The average Bonchev–Trinajstić information content (AvgIpc) is 3.24. The van der Waals surface area contributed by atoms with E-state index in [1.165, 1.54) is 30.3 Å². The van der Waals surface area contributed by atoms with E-state index in [-0.39, 0.29) is 30.1 Å². The lowest BCUT2D eigenvalue weighted by molar-refractivity contribution is -0.274. The Balaban J connectivity index is 1.62. The summed E-state index contributed by atoms with van der Waals surface area (Å²) < 4.78 is 74.9. The fourth-order valence-corrected chi connectivity index (χ4v) is 4.06. The van der Waals surface area contributed by atoms with Gasteiger partial charge in [0.15, 0.2) is 0 Å². The van der Waals surface area contributed by atoms with E-state index in [2.05, 4.69) is 9.73 Å². The lowest BCUT2D eigenvalue weighted by Crippen LogP contribution is -2.22. The van der Waals surface area contributed by atoms with Crippen LogP contribution in [0.2, 0.25) is 0 Å². The highest BCUT2D eigenvalue weighted by atomic mass is 19.4. The summed E-state index contributed by atoms with van der Waals surface area (Å²) in [7, 11) is 0. The van der Waals surface area contributed by atoms with Crippen LogP contribution in [0.1, 0.15) is 30.5 Å². The minimum Gasteiger partial charge on any atom is -0.466 e. The third-order valence-corrected chi connectivity index (χ3v) is 5.60. The highest BCUT2D eigenvalue weighted by Crippen LogP contribution is 2.39. The normalized spacial score (nSPS) is 17.7. The number of rotatable bonds is 6. The van der Waals surface area contributed by atoms with E-state index in [0.29, 0.717) is 16.7 Å². The second-order valence-electron chi connectivity index (χ2n) is 7.87. The topological polar surface area (TPSA) is 47.9 Å². The van der Waals surface area contributed by atoms with Gasteiger partial charge in [-0.1, -0.05) is 42.5 Å². The molecule has 9 heteroatoms. The lowest BCUT2D eigenvalue weighted by atomic mass is 9.90. The zero-order valence-electron chi connectivity index (χ0n) is 18.5. The molecule has 4 nitrogen and oxygen atoms in total. The number of carbonyl (C=O) groups is 1. The molecule has 0 fully saturated rings. The second-order valence-corrected chi connectivity index (χ2v) is 7.87. The summed E-state index contributed by atoms with van der Waals surface area (Å²) in [5.74, 6) is -3.13. The number of hydrogen-bond acceptors (Lipinski definition) is 4. The Labute approximate surface area is 198 Å². The molecule has 1 unspecified atom stereocenters. The van der Waals surface area contributed by atoms with Crippen LogP contribution in [0, 0.1) is 17.6 Å². The van der Waals surface area contributed by atoms with Crippen LogP contribution in [0.3, 0.4) is 0 Å². The van der Waals surface area contributed by atoms with Crippen LogP contribution in [0.5, 0.6) is 5.75 Å². The third-order valence-electron chi connectivity index (χ3n) is 5.60. The Morgan fingerprint density at radius 3 is 2.06 bits per heavy atom. The first-order valence-corrected chi connectivity index (χ1v) is 10.8. The smallest absolute Gasteiger partial charge is 0.466 e. The van der Waals surface area contributed by atoms with Crippen LogP contribution in [0.15, 0.2) is 71.7 Å². The molecule has 3 aromatic rings. The van der Waals surface area contributed by atoms with Crippen molar-refractivity contribution in [1.82, 2.24) is 0 Å². The lowest BCUT2D eigenvalue weighted by Gasteiger charge is -2.17. The van der Waals surface area contributed by atoms with Crippen LogP contribution < -0.4 is 4.74 Å². The number of aliphatic imine (C=N–C) groups is 1. The molecule has 0 aliphatic carbocycles. The number of hydrogen-bond donors (Lipinski definition) is 0. The van der Waals surface area contributed by atoms with Crippen molar-refractivity contribution >= 4 is 11.7 Å². The first-order chi connectivity index (χ1) is 16.7. The SMILES string of the molecule is CCOC(=O)C1CC(c2c(F)cccc2F)=N[C@H]1c1ccc(-c2ccc(OC(F)(F)F)cc2)cc1. The molecule has 0 N–H and O–H groups in total. The number of carbonyl (C=O) groups excluding carboxylic acids is 1. The first kappa shape index (κ1) is 24.4. The third kappa shape index (κ3) is 5.50. The summed E-state index contributed by atoms with van der Waals surface area (Å²) in [5.41, 5.74) is 1.88. The van der Waals surface area contributed by atoms with E-state index in [9.17, 15) is 26.7 Å². The van der Waals surface area contributed by atoms with Crippen molar-refractivity contribution in [3.05, 3.63) is 89.5 Å². The summed E-state index contributed by atoms with van der Waals surface area (Å²) in [4.78, 5) is 17.1. The van der Waals surface area contributed by atoms with E-state index in [4.69, 9.17) is 4.74 Å². The number of esters is 1. The van der Waals surface area contributed by atoms with Crippen molar-refractivity contribution in [2.24, 2.45) is 10.9 Å². The molecular formula is C26H20F5NO3. The van der Waals surface area contributed by atoms with E-state index in [0.717, 1.165) is 12.1 Å². The summed E-state index contributed by atoms with van der Waals surface area (Å²) in [5, 5.41) is 0. The van der Waals surface area contributed by atoms with Crippen molar-refractivity contribution in [3.8, 4) is 16.9 Å². The molecule has 0 saturated carbocycles. The summed E-state index contributed by atoms with van der Waals surface area (Å²) in [6.45, 7) is 1.82. The van der Waals surface area contributed by atoms with Gasteiger partial charge < -0.3 is 9.47 Å². The van der Waals surface area contributed by atoms with Crippen LogP contribution in [-0.2, 0) is 9.53 Å². The van der Waals surface area contributed by atoms with E-state index >= 15 is 0 Å². The zero-order chi connectivity index (χ0) is 25.2. The molecule has 3 aromatic carbocycles. The number of halogens is 5. The van der Waals surface area contributed by atoms with E-state index in [1.54, 1.807) is 31.2 Å². The molecule has 182 valence electrons. The van der Waals surface area contributed by atoms with Crippen LogP contribution in [0.4, 0.5) is 22.0 Å². The van der Waals surface area contributed by atoms with Gasteiger partial charge in [-0.15, -0.1) is 13.2 Å². The van der Waals surface area contributed by atoms with Crippen LogP contribution in [0.25, 0.3) is 11.1 Å². The molecule has 0 bridgehead atoms. The number of alkyl halides is 3. The predicted octanol–water partition coefficient (Wildman–Crippen LogP) is 6.64. The molecular weight excluding hydrogens is 469 g/mol. The van der Waals surface area contributed by atoms with Gasteiger partial charge in [-0.25, -0.2) is 8.78 Å². The van der Waals surface area contributed by atoms with Crippen LogP contribution in [-0.4, -0.2) is 24.7 Å². The Bertz CT molecular complexity index is 1220. The molecule has 4 rings (SSSR count). The fourth-order valence-electron chi connectivity index (χ4n) is 4.06. The molecule has 0 aromatic heterocycles. The molecule has 2 atom stereocenters. The zero-order valence-corrected chi connectivity index (χ0v) is 18.5. The summed E-state index contributed by atoms with van der Waals surface area (Å²) in [6, 6.07) is 15.1. The number of benzene rings is 3. The van der Waals surface area contributed by atoms with Gasteiger partial charge in [0.2, 0.25) is 0 Å². The standard InChI is InChI=1S/C26H20F5NO3/c1-2-34-25(33)19-14-22(23-20(27)4-3-5-21(23)28)32-24(19)17-8-6-15(7-9-17)16-10-12-18(13-11-16)35-26(29,30)31/h3-13,19,24H,2,14H2,1H3/t19?,24-/m0/s1. The fraction of sp³-hybridized carbons (Fsp3) is 0.231. The summed E-state index contributed by atoms with van der Waals surface area (Å²) in [6.07, 6.45) is -4.76. The molecule has 0 saturated heterocycles. The van der Waals surface area contributed by atoms with Crippen molar-refractivity contribution in [2.45, 2.75) is 25.7 Å². The highest BCUT2D eigenvalue weighted by molar-refractivity contribution is 6.04. The van der Waals surface area contributed by atoms with Crippen molar-refractivity contribution in [3.63, 3.8) is 0 Å². The maximum atomic E-state index is 14.4. The predicted molar refractivity (Wildman–Crippen MR) is 119 cm³/mol. The van der Waals surface area contributed by atoms with E-state index < -0.39 is 35.9 Å². The maximum absolute atomic E-state index is 14.4. The minimum absolute atomic E-state index is 0.0176. The van der Waals surface area contributed by atoms with Crippen molar-refractivity contribution in [1.29, 1.82) is 0 Å². The van der Waals surface area contributed by atoms with Gasteiger partial charge in [-0.2, -0.15) is 0 Å². The van der Waals surface area contributed by atoms with Gasteiger partial charge in [0.1, 0.15) is 17.4 Å². The minimum atomic E-state index is -4.77. The second kappa shape index (κ2) is 9.85. The largest absolute Gasteiger partial charge is 0.573 e. The Morgan fingerprint density at radius 1 is 0.943 bits per heavy atom. The molecule has 1 aliphatic heterocycles. The molecule has 1 heterocycles. The Kier molecular flexibility index (Phi) is 6.86. The first-order valence-electron chi connectivity index (χ1n) is 10.8. The average molecular weight is 489 g/mol. The molecule has 0 spiro atoms. The van der Waals surface area contributed by atoms with Gasteiger partial charge in [-0.05, 0) is 47.9 Å². The number of ether oxygens (including phenoxy) is 2. The van der Waals surface area contributed by atoms with Crippen molar-refractivity contribution in [2.75, 3.05) is 6.61 Å². The van der Waals surface area contributed by atoms with Gasteiger partial charge in [0, 0.05) is 12.1 Å². The molecule has 0 radical (unpaired) electrons. The Morgan fingerprint density at radius 2 is 1.51 bits per heavy atom. The molecule has 0 amide bonds. The van der Waals surface area contributed by atoms with Crippen LogP contribution >= 0.6 is 0 Å². The van der Waals surface area contributed by atoms with E-state index in [1.807, 2.05) is 0 Å². The molecule has 35 heavy (non-hydrogen) atoms. The van der Waals surface area contributed by atoms with Gasteiger partial charge in [0.25, 0.3) is 0 Å². The Hall–Kier alpha value is -3.75. The molecule has 1 aliphatic rings.